The second-order valence-corrected chi connectivity index (χ2v) is 8.49. The van der Waals surface area contributed by atoms with Crippen LogP contribution in [0.5, 0.6) is 0 Å². The van der Waals surface area contributed by atoms with Crippen molar-refractivity contribution >= 4 is 32.6 Å². The summed E-state index contributed by atoms with van der Waals surface area (Å²) < 4.78 is 1.13. The lowest BCUT2D eigenvalue weighted by molar-refractivity contribution is -0.123. The number of pyridine rings is 1. The summed E-state index contributed by atoms with van der Waals surface area (Å²) in [5, 5.41) is 0.788. The monoisotopic (exact) mass is 379 g/mol. The molecule has 0 N–H and O–H groups in total. The number of thiazole rings is 1. The molecule has 0 unspecified atom stereocenters. The molecule has 5 heteroatoms. The number of aromatic nitrogens is 2. The molecule has 1 aromatic carbocycles. The van der Waals surface area contributed by atoms with Gasteiger partial charge in [-0.2, -0.15) is 0 Å². The van der Waals surface area contributed by atoms with Crippen molar-refractivity contribution in [3.63, 3.8) is 0 Å². The molecule has 1 aliphatic carbocycles. The number of anilines is 1. The largest absolute Gasteiger partial charge is 0.282 e. The van der Waals surface area contributed by atoms with Crippen molar-refractivity contribution in [2.75, 3.05) is 4.90 Å². The van der Waals surface area contributed by atoms with Crippen LogP contribution in [0.3, 0.4) is 0 Å². The fourth-order valence-corrected chi connectivity index (χ4v) is 4.80. The molecule has 0 atom stereocenters. The van der Waals surface area contributed by atoms with E-state index < -0.39 is 0 Å². The summed E-state index contributed by atoms with van der Waals surface area (Å²) in [4.78, 5) is 24.5. The molecule has 0 aliphatic heterocycles. The molecule has 3 aromatic rings. The van der Waals surface area contributed by atoms with Crippen molar-refractivity contribution < 1.29 is 4.79 Å². The average Bonchev–Trinajstić information content (AvgIpc) is 3.10. The quantitative estimate of drug-likeness (QED) is 0.608. The molecule has 0 spiro atoms. The van der Waals surface area contributed by atoms with Gasteiger partial charge in [0, 0.05) is 12.1 Å². The van der Waals surface area contributed by atoms with Crippen LogP contribution in [-0.4, -0.2) is 15.9 Å². The van der Waals surface area contributed by atoms with Gasteiger partial charge in [0.25, 0.3) is 0 Å². The Morgan fingerprint density at radius 2 is 1.93 bits per heavy atom. The smallest absolute Gasteiger partial charge is 0.232 e. The van der Waals surface area contributed by atoms with Gasteiger partial charge in [-0.15, -0.1) is 0 Å². The number of carbonyl (C=O) groups is 1. The molecule has 4 rings (SSSR count). The van der Waals surface area contributed by atoms with E-state index in [2.05, 4.69) is 31.0 Å². The molecule has 0 bridgehead atoms. The number of hydrogen-bond donors (Lipinski definition) is 0. The van der Waals surface area contributed by atoms with E-state index in [-0.39, 0.29) is 11.8 Å². The van der Waals surface area contributed by atoms with Gasteiger partial charge in [0.05, 0.1) is 22.5 Å². The highest BCUT2D eigenvalue weighted by Crippen LogP contribution is 2.34. The minimum atomic E-state index is 0.109. The normalized spacial score (nSPS) is 15.2. The Hall–Kier alpha value is -2.27. The summed E-state index contributed by atoms with van der Waals surface area (Å²) in [5.74, 6) is 0.311. The molecule has 1 aliphatic rings. The molecule has 140 valence electrons. The topological polar surface area (TPSA) is 46.1 Å². The Kier molecular flexibility index (Phi) is 5.21. The van der Waals surface area contributed by atoms with Crippen molar-refractivity contribution in [2.24, 2.45) is 5.92 Å². The molecule has 27 heavy (non-hydrogen) atoms. The zero-order valence-corrected chi connectivity index (χ0v) is 16.8. The zero-order chi connectivity index (χ0) is 18.8. The Balaban J connectivity index is 1.71. The highest BCUT2D eigenvalue weighted by Gasteiger charge is 2.29. The predicted octanol–water partition coefficient (Wildman–Crippen LogP) is 5.42. The summed E-state index contributed by atoms with van der Waals surface area (Å²) in [5.41, 5.74) is 4.36. The van der Waals surface area contributed by atoms with Crippen LogP contribution in [0.25, 0.3) is 10.2 Å². The summed E-state index contributed by atoms with van der Waals surface area (Å²) >= 11 is 1.61. The maximum atomic E-state index is 13.4. The van der Waals surface area contributed by atoms with Crippen LogP contribution in [-0.2, 0) is 11.3 Å². The van der Waals surface area contributed by atoms with Gasteiger partial charge in [0.1, 0.15) is 0 Å². The number of nitrogens with zero attached hydrogens (tertiary/aromatic N) is 3. The molecule has 0 saturated heterocycles. The lowest BCUT2D eigenvalue weighted by Gasteiger charge is -2.27. The third-order valence-corrected chi connectivity index (χ3v) is 6.53. The van der Waals surface area contributed by atoms with Gasteiger partial charge in [-0.25, -0.2) is 4.98 Å². The second-order valence-electron chi connectivity index (χ2n) is 7.48. The minimum absolute atomic E-state index is 0.109. The molecule has 1 fully saturated rings. The van der Waals surface area contributed by atoms with Crippen molar-refractivity contribution in [2.45, 2.75) is 52.5 Å². The first-order valence-electron chi connectivity index (χ1n) is 9.71. The number of fused-ring (bicyclic) bond motifs is 1. The maximum Gasteiger partial charge on any atom is 0.232 e. The Morgan fingerprint density at radius 3 is 2.67 bits per heavy atom. The molecule has 1 saturated carbocycles. The third-order valence-electron chi connectivity index (χ3n) is 5.49. The van der Waals surface area contributed by atoms with E-state index >= 15 is 0 Å². The molecule has 0 radical (unpaired) electrons. The summed E-state index contributed by atoms with van der Waals surface area (Å²) in [7, 11) is 0. The number of carbonyl (C=O) groups excluding carboxylic acids is 1. The van der Waals surface area contributed by atoms with Gasteiger partial charge in [-0.3, -0.25) is 14.7 Å². The summed E-state index contributed by atoms with van der Waals surface area (Å²) in [6.45, 7) is 4.70. The van der Waals surface area contributed by atoms with Crippen LogP contribution in [0, 0.1) is 19.8 Å². The van der Waals surface area contributed by atoms with Crippen molar-refractivity contribution in [3.05, 3.63) is 53.3 Å². The van der Waals surface area contributed by atoms with Crippen LogP contribution < -0.4 is 4.90 Å². The number of benzene rings is 1. The van der Waals surface area contributed by atoms with Gasteiger partial charge in [0.15, 0.2) is 5.13 Å². The Bertz CT molecular complexity index is 906. The lowest BCUT2D eigenvalue weighted by atomic mass is 9.88. The van der Waals surface area contributed by atoms with Crippen LogP contribution in [0.4, 0.5) is 5.13 Å². The molecule has 4 nitrogen and oxygen atoms in total. The van der Waals surface area contributed by atoms with Gasteiger partial charge in [-0.1, -0.05) is 36.7 Å². The van der Waals surface area contributed by atoms with E-state index in [1.54, 1.807) is 17.5 Å². The van der Waals surface area contributed by atoms with E-state index in [0.717, 1.165) is 46.7 Å². The van der Waals surface area contributed by atoms with Gasteiger partial charge in [-0.05, 0) is 62.1 Å². The van der Waals surface area contributed by atoms with Gasteiger partial charge < -0.3 is 0 Å². The van der Waals surface area contributed by atoms with Crippen molar-refractivity contribution in [3.8, 4) is 0 Å². The number of rotatable bonds is 4. The average molecular weight is 380 g/mol. The van der Waals surface area contributed by atoms with Crippen LogP contribution in [0.2, 0.25) is 0 Å². The van der Waals surface area contributed by atoms with Crippen LogP contribution in [0.1, 0.15) is 48.9 Å². The van der Waals surface area contributed by atoms with E-state index in [4.69, 9.17) is 4.98 Å². The van der Waals surface area contributed by atoms with Crippen LogP contribution >= 0.6 is 11.3 Å². The second kappa shape index (κ2) is 7.77. The molecule has 2 heterocycles. The standard InChI is InChI=1S/C22H25N3OS/c1-15-12-19-20(13-16(15)2)27-22(24-19)25(14-18-10-6-7-11-23-18)21(26)17-8-4-3-5-9-17/h6-7,10-13,17H,3-5,8-9,14H2,1-2H3. The van der Waals surface area contributed by atoms with Crippen molar-refractivity contribution in [1.82, 2.24) is 9.97 Å². The van der Waals surface area contributed by atoms with Crippen LogP contribution in [0.15, 0.2) is 36.5 Å². The maximum absolute atomic E-state index is 13.4. The molecule has 1 amide bonds. The fourth-order valence-electron chi connectivity index (χ4n) is 3.75. The first-order chi connectivity index (χ1) is 13.1. The number of hydrogen-bond acceptors (Lipinski definition) is 4. The predicted molar refractivity (Wildman–Crippen MR) is 111 cm³/mol. The SMILES string of the molecule is Cc1cc2nc(N(Cc3ccccn3)C(=O)C3CCCCC3)sc2cc1C. The number of aryl methyl sites for hydroxylation is 2. The minimum Gasteiger partial charge on any atom is -0.282 e. The van der Waals surface area contributed by atoms with E-state index in [1.807, 2.05) is 23.1 Å². The molecule has 2 aromatic heterocycles. The van der Waals surface area contributed by atoms with Gasteiger partial charge >= 0.3 is 0 Å². The Morgan fingerprint density at radius 1 is 1.15 bits per heavy atom. The van der Waals surface area contributed by atoms with E-state index in [0.29, 0.717) is 6.54 Å². The van der Waals surface area contributed by atoms with E-state index in [9.17, 15) is 4.79 Å². The fraction of sp³-hybridized carbons (Fsp3) is 0.409. The first-order valence-corrected chi connectivity index (χ1v) is 10.5. The van der Waals surface area contributed by atoms with Gasteiger partial charge in [0.2, 0.25) is 5.91 Å². The Labute approximate surface area is 164 Å². The first kappa shape index (κ1) is 18.1. The third kappa shape index (κ3) is 3.88. The van der Waals surface area contributed by atoms with E-state index in [1.165, 1.54) is 17.5 Å². The molecular formula is C22H25N3OS. The lowest BCUT2D eigenvalue weighted by Crippen LogP contribution is -2.36. The zero-order valence-electron chi connectivity index (χ0n) is 15.9. The number of amides is 1. The highest BCUT2D eigenvalue weighted by molar-refractivity contribution is 7.22. The molecular weight excluding hydrogens is 354 g/mol. The van der Waals surface area contributed by atoms with Crippen molar-refractivity contribution in [1.29, 1.82) is 0 Å². The summed E-state index contributed by atoms with van der Waals surface area (Å²) in [6, 6.07) is 10.1. The summed E-state index contributed by atoms with van der Waals surface area (Å²) in [6.07, 6.45) is 7.28. The highest BCUT2D eigenvalue weighted by atomic mass is 32.1.